The predicted molar refractivity (Wildman–Crippen MR) is 33.8 cm³/mol. The topological polar surface area (TPSA) is 43.7 Å². The number of aliphatic hydroxyl groups excluding tert-OH is 2. The molecular formula is C6H11NO2. The van der Waals surface area contributed by atoms with Crippen molar-refractivity contribution >= 4 is 0 Å². The maximum absolute atomic E-state index is 8.96. The highest BCUT2D eigenvalue weighted by molar-refractivity contribution is 4.87. The van der Waals surface area contributed by atoms with Crippen molar-refractivity contribution in [2.75, 3.05) is 13.1 Å². The maximum Gasteiger partial charge on any atom is 0.0990 e. The first-order chi connectivity index (χ1) is 4.24. The lowest BCUT2D eigenvalue weighted by Crippen LogP contribution is -2.22. The Hall–Kier alpha value is -0.540. The summed E-state index contributed by atoms with van der Waals surface area (Å²) in [7, 11) is 0. The third kappa shape index (κ3) is 1.23. The SMILES string of the molecule is C=CN1C[C@@H](O)[C@@H](O)C1. The van der Waals surface area contributed by atoms with Gasteiger partial charge in [0.1, 0.15) is 0 Å². The predicted octanol–water partition coefficient (Wildman–Crippen LogP) is -0.833. The van der Waals surface area contributed by atoms with Gasteiger partial charge in [-0.25, -0.2) is 0 Å². The second kappa shape index (κ2) is 2.37. The molecule has 0 unspecified atom stereocenters. The first-order valence-electron chi connectivity index (χ1n) is 2.97. The highest BCUT2D eigenvalue weighted by Gasteiger charge is 2.26. The van der Waals surface area contributed by atoms with Gasteiger partial charge in [0.2, 0.25) is 0 Å². The van der Waals surface area contributed by atoms with Gasteiger partial charge in [-0.3, -0.25) is 0 Å². The molecule has 1 aliphatic rings. The van der Waals surface area contributed by atoms with E-state index in [1.165, 1.54) is 0 Å². The third-order valence-corrected chi connectivity index (χ3v) is 1.55. The normalized spacial score (nSPS) is 35.1. The fourth-order valence-corrected chi connectivity index (χ4v) is 0.947. The number of likely N-dealkylation sites (tertiary alicyclic amines) is 1. The fraction of sp³-hybridized carbons (Fsp3) is 0.667. The van der Waals surface area contributed by atoms with Gasteiger partial charge in [0.15, 0.2) is 0 Å². The minimum Gasteiger partial charge on any atom is -0.389 e. The first-order valence-corrected chi connectivity index (χ1v) is 2.97. The zero-order chi connectivity index (χ0) is 6.85. The number of aliphatic hydroxyl groups is 2. The van der Waals surface area contributed by atoms with Crippen LogP contribution >= 0.6 is 0 Å². The van der Waals surface area contributed by atoms with E-state index < -0.39 is 12.2 Å². The van der Waals surface area contributed by atoms with Crippen LogP contribution in [0.4, 0.5) is 0 Å². The Morgan fingerprint density at radius 3 is 2.00 bits per heavy atom. The second-order valence-corrected chi connectivity index (χ2v) is 2.27. The van der Waals surface area contributed by atoms with E-state index in [0.29, 0.717) is 13.1 Å². The number of hydrogen-bond donors (Lipinski definition) is 2. The molecule has 9 heavy (non-hydrogen) atoms. The quantitative estimate of drug-likeness (QED) is 0.485. The van der Waals surface area contributed by atoms with Gasteiger partial charge in [-0.05, 0) is 6.20 Å². The minimum absolute atomic E-state index is 0.505. The molecule has 0 amide bonds. The van der Waals surface area contributed by atoms with Crippen LogP contribution in [-0.4, -0.2) is 40.4 Å². The lowest BCUT2D eigenvalue weighted by atomic mass is 10.3. The molecule has 1 fully saturated rings. The zero-order valence-corrected chi connectivity index (χ0v) is 5.20. The second-order valence-electron chi connectivity index (χ2n) is 2.27. The molecule has 1 aliphatic heterocycles. The molecule has 0 spiro atoms. The molecule has 1 heterocycles. The average Bonchev–Trinajstić information content (AvgIpc) is 2.13. The maximum atomic E-state index is 8.96. The van der Waals surface area contributed by atoms with Gasteiger partial charge in [0, 0.05) is 13.1 Å². The molecular weight excluding hydrogens is 118 g/mol. The van der Waals surface area contributed by atoms with Gasteiger partial charge in [-0.15, -0.1) is 0 Å². The van der Waals surface area contributed by atoms with Crippen molar-refractivity contribution in [1.29, 1.82) is 0 Å². The average molecular weight is 129 g/mol. The lowest BCUT2D eigenvalue weighted by Gasteiger charge is -2.07. The summed E-state index contributed by atoms with van der Waals surface area (Å²) in [6, 6.07) is 0. The van der Waals surface area contributed by atoms with E-state index in [-0.39, 0.29) is 0 Å². The largest absolute Gasteiger partial charge is 0.389 e. The van der Waals surface area contributed by atoms with Gasteiger partial charge in [-0.1, -0.05) is 6.58 Å². The van der Waals surface area contributed by atoms with Crippen molar-refractivity contribution in [2.24, 2.45) is 0 Å². The molecule has 0 bridgehead atoms. The number of β-amino-alcohol motifs (C(OH)–C–C–N with tert-alkyl or cyclic N) is 2. The summed E-state index contributed by atoms with van der Waals surface area (Å²) in [5, 5.41) is 17.9. The molecule has 1 saturated heterocycles. The van der Waals surface area contributed by atoms with E-state index >= 15 is 0 Å². The Balaban J connectivity index is 2.43. The Kier molecular flexibility index (Phi) is 1.73. The van der Waals surface area contributed by atoms with Crippen molar-refractivity contribution in [1.82, 2.24) is 4.90 Å². The van der Waals surface area contributed by atoms with Crippen LogP contribution in [0.5, 0.6) is 0 Å². The van der Waals surface area contributed by atoms with Crippen molar-refractivity contribution in [3.63, 3.8) is 0 Å². The van der Waals surface area contributed by atoms with Crippen molar-refractivity contribution in [3.8, 4) is 0 Å². The molecule has 52 valence electrons. The molecule has 0 aromatic heterocycles. The van der Waals surface area contributed by atoms with Crippen LogP contribution in [0.15, 0.2) is 12.8 Å². The Labute approximate surface area is 54.2 Å². The summed E-state index contributed by atoms with van der Waals surface area (Å²) in [6.07, 6.45) is 0.436. The molecule has 2 atom stereocenters. The summed E-state index contributed by atoms with van der Waals surface area (Å²) in [5.74, 6) is 0. The van der Waals surface area contributed by atoms with Crippen LogP contribution < -0.4 is 0 Å². The third-order valence-electron chi connectivity index (χ3n) is 1.55. The Morgan fingerprint density at radius 1 is 1.33 bits per heavy atom. The summed E-state index contributed by atoms with van der Waals surface area (Å²) in [5.41, 5.74) is 0. The summed E-state index contributed by atoms with van der Waals surface area (Å²) in [6.45, 7) is 4.52. The fourth-order valence-electron chi connectivity index (χ4n) is 0.947. The van der Waals surface area contributed by atoms with Gasteiger partial charge >= 0.3 is 0 Å². The summed E-state index contributed by atoms with van der Waals surface area (Å²) in [4.78, 5) is 1.79. The molecule has 1 rings (SSSR count). The minimum atomic E-state index is -0.594. The van der Waals surface area contributed by atoms with E-state index in [4.69, 9.17) is 10.2 Å². The van der Waals surface area contributed by atoms with Gasteiger partial charge in [-0.2, -0.15) is 0 Å². The van der Waals surface area contributed by atoms with Crippen LogP contribution in [0.25, 0.3) is 0 Å². The monoisotopic (exact) mass is 129 g/mol. The highest BCUT2D eigenvalue weighted by atomic mass is 16.3. The molecule has 2 N–H and O–H groups in total. The molecule has 3 nitrogen and oxygen atoms in total. The van der Waals surface area contributed by atoms with Gasteiger partial charge in [0.05, 0.1) is 12.2 Å². The van der Waals surface area contributed by atoms with Crippen molar-refractivity contribution in [3.05, 3.63) is 12.8 Å². The van der Waals surface area contributed by atoms with Crippen molar-refractivity contribution in [2.45, 2.75) is 12.2 Å². The Morgan fingerprint density at radius 2 is 1.78 bits per heavy atom. The van der Waals surface area contributed by atoms with E-state index in [2.05, 4.69) is 6.58 Å². The van der Waals surface area contributed by atoms with Crippen LogP contribution in [0.1, 0.15) is 0 Å². The van der Waals surface area contributed by atoms with Crippen molar-refractivity contribution < 1.29 is 10.2 Å². The molecule has 0 aromatic rings. The number of rotatable bonds is 1. The van der Waals surface area contributed by atoms with Crippen LogP contribution in [0, 0.1) is 0 Å². The van der Waals surface area contributed by atoms with E-state index in [0.717, 1.165) is 0 Å². The number of hydrogen-bond acceptors (Lipinski definition) is 3. The zero-order valence-electron chi connectivity index (χ0n) is 5.20. The van der Waals surface area contributed by atoms with Crippen LogP contribution in [0.2, 0.25) is 0 Å². The van der Waals surface area contributed by atoms with E-state index in [1.807, 2.05) is 0 Å². The van der Waals surface area contributed by atoms with Crippen LogP contribution in [-0.2, 0) is 0 Å². The van der Waals surface area contributed by atoms with Gasteiger partial charge in [0.25, 0.3) is 0 Å². The molecule has 0 saturated carbocycles. The smallest absolute Gasteiger partial charge is 0.0990 e. The molecule has 3 heteroatoms. The lowest BCUT2D eigenvalue weighted by molar-refractivity contribution is 0.0572. The molecule has 0 radical (unpaired) electrons. The summed E-state index contributed by atoms with van der Waals surface area (Å²) >= 11 is 0. The van der Waals surface area contributed by atoms with E-state index in [1.54, 1.807) is 11.1 Å². The number of nitrogens with zero attached hydrogens (tertiary/aromatic N) is 1. The van der Waals surface area contributed by atoms with E-state index in [9.17, 15) is 0 Å². The van der Waals surface area contributed by atoms with Gasteiger partial charge < -0.3 is 15.1 Å². The Bertz CT molecular complexity index is 106. The standard InChI is InChI=1S/C6H11NO2/c1-2-7-3-5(8)6(9)4-7/h2,5-6,8-9H,1,3-4H2/t5-,6+. The molecule has 0 aliphatic carbocycles. The van der Waals surface area contributed by atoms with Crippen LogP contribution in [0.3, 0.4) is 0 Å². The molecule has 0 aromatic carbocycles. The first kappa shape index (κ1) is 6.58. The highest BCUT2D eigenvalue weighted by Crippen LogP contribution is 2.08. The summed E-state index contributed by atoms with van der Waals surface area (Å²) < 4.78 is 0.